The molecule has 1 fully saturated rings. The molecule has 6 nitrogen and oxygen atoms in total. The standard InChI is InChI=1S/C16H19ClN2O4/c17-12-3-1-2-11-13(6-9-23-14(11)12)18-16(22)19-7-4-10(5-8-19)15(20)21/h1-3,10,13H,4-9H2,(H,18,22)(H,20,21). The van der Waals surface area contributed by atoms with E-state index in [1.807, 2.05) is 12.1 Å². The number of urea groups is 1. The Balaban J connectivity index is 1.64. The van der Waals surface area contributed by atoms with Crippen LogP contribution in [-0.4, -0.2) is 41.7 Å². The molecule has 23 heavy (non-hydrogen) atoms. The van der Waals surface area contributed by atoms with Crippen molar-refractivity contribution in [3.05, 3.63) is 28.8 Å². The van der Waals surface area contributed by atoms with Crippen LogP contribution in [0.4, 0.5) is 4.79 Å². The number of carboxylic acids is 1. The van der Waals surface area contributed by atoms with Crippen LogP contribution in [0.1, 0.15) is 30.9 Å². The molecule has 2 aliphatic rings. The average Bonchev–Trinajstić information content (AvgIpc) is 2.56. The molecule has 0 saturated carbocycles. The summed E-state index contributed by atoms with van der Waals surface area (Å²) in [5.74, 6) is -0.491. The number of carbonyl (C=O) groups excluding carboxylic acids is 1. The number of fused-ring (bicyclic) bond motifs is 1. The summed E-state index contributed by atoms with van der Waals surface area (Å²) in [5.41, 5.74) is 0.887. The lowest BCUT2D eigenvalue weighted by Gasteiger charge is -2.33. The van der Waals surface area contributed by atoms with E-state index in [2.05, 4.69) is 5.32 Å². The highest BCUT2D eigenvalue weighted by Gasteiger charge is 2.30. The van der Waals surface area contributed by atoms with Crippen LogP contribution in [0.5, 0.6) is 5.75 Å². The van der Waals surface area contributed by atoms with Crippen molar-refractivity contribution in [2.24, 2.45) is 5.92 Å². The lowest BCUT2D eigenvalue weighted by molar-refractivity contribution is -0.143. The second-order valence-corrected chi connectivity index (χ2v) is 6.30. The van der Waals surface area contributed by atoms with Crippen LogP contribution >= 0.6 is 11.6 Å². The number of carboxylic acid groups (broad SMARTS) is 1. The summed E-state index contributed by atoms with van der Waals surface area (Å²) in [6, 6.07) is 5.21. The Bertz CT molecular complexity index is 614. The van der Waals surface area contributed by atoms with Gasteiger partial charge in [-0.25, -0.2) is 4.79 Å². The van der Waals surface area contributed by atoms with Gasteiger partial charge in [-0.15, -0.1) is 0 Å². The molecule has 1 aromatic carbocycles. The van der Waals surface area contributed by atoms with E-state index in [1.165, 1.54) is 0 Å². The van der Waals surface area contributed by atoms with E-state index < -0.39 is 5.97 Å². The fourth-order valence-corrected chi connectivity index (χ4v) is 3.34. The molecule has 124 valence electrons. The first-order valence-electron chi connectivity index (χ1n) is 7.75. The Kier molecular flexibility index (Phi) is 4.61. The monoisotopic (exact) mass is 338 g/mol. The molecule has 0 bridgehead atoms. The minimum atomic E-state index is -0.780. The van der Waals surface area contributed by atoms with E-state index in [0.717, 1.165) is 5.56 Å². The van der Waals surface area contributed by atoms with E-state index in [1.54, 1.807) is 11.0 Å². The van der Waals surface area contributed by atoms with Gasteiger partial charge in [0.05, 0.1) is 23.6 Å². The third kappa shape index (κ3) is 3.37. The summed E-state index contributed by atoms with van der Waals surface area (Å²) < 4.78 is 5.59. The molecule has 0 radical (unpaired) electrons. The third-order valence-electron chi connectivity index (χ3n) is 4.45. The highest BCUT2D eigenvalue weighted by atomic mass is 35.5. The molecule has 2 N–H and O–H groups in total. The number of hydrogen-bond acceptors (Lipinski definition) is 3. The number of likely N-dealkylation sites (tertiary alicyclic amines) is 1. The maximum absolute atomic E-state index is 12.4. The first-order valence-corrected chi connectivity index (χ1v) is 8.13. The smallest absolute Gasteiger partial charge is 0.317 e. The largest absolute Gasteiger partial charge is 0.492 e. The van der Waals surface area contributed by atoms with Crippen molar-refractivity contribution in [1.82, 2.24) is 10.2 Å². The van der Waals surface area contributed by atoms with Crippen LogP contribution in [0.15, 0.2) is 18.2 Å². The number of piperidine rings is 1. The normalized spacial score (nSPS) is 21.3. The van der Waals surface area contributed by atoms with Gasteiger partial charge in [0.1, 0.15) is 5.75 Å². The topological polar surface area (TPSA) is 78.9 Å². The van der Waals surface area contributed by atoms with Gasteiger partial charge in [-0.05, 0) is 18.9 Å². The average molecular weight is 339 g/mol. The van der Waals surface area contributed by atoms with E-state index in [0.29, 0.717) is 49.7 Å². The predicted molar refractivity (Wildman–Crippen MR) is 84.8 cm³/mol. The SMILES string of the molecule is O=C(O)C1CCN(C(=O)NC2CCOc3c(Cl)cccc32)CC1. The van der Waals surface area contributed by atoms with Crippen molar-refractivity contribution in [2.75, 3.05) is 19.7 Å². The second kappa shape index (κ2) is 6.66. The van der Waals surface area contributed by atoms with Crippen LogP contribution in [0.25, 0.3) is 0 Å². The number of benzene rings is 1. The molecule has 1 atom stereocenters. The lowest BCUT2D eigenvalue weighted by Crippen LogP contribution is -2.47. The highest BCUT2D eigenvalue weighted by molar-refractivity contribution is 6.32. The van der Waals surface area contributed by atoms with Crippen LogP contribution in [0, 0.1) is 5.92 Å². The zero-order chi connectivity index (χ0) is 16.4. The van der Waals surface area contributed by atoms with Crippen molar-refractivity contribution >= 4 is 23.6 Å². The van der Waals surface area contributed by atoms with Crippen molar-refractivity contribution in [3.63, 3.8) is 0 Å². The predicted octanol–water partition coefficient (Wildman–Crippen LogP) is 2.67. The Hall–Kier alpha value is -1.95. The van der Waals surface area contributed by atoms with Gasteiger partial charge in [-0.1, -0.05) is 23.7 Å². The van der Waals surface area contributed by atoms with Crippen molar-refractivity contribution in [3.8, 4) is 5.75 Å². The molecule has 2 aliphatic heterocycles. The Morgan fingerprint density at radius 1 is 1.26 bits per heavy atom. The number of nitrogens with one attached hydrogen (secondary N) is 1. The van der Waals surface area contributed by atoms with Crippen LogP contribution in [0.2, 0.25) is 5.02 Å². The molecule has 1 unspecified atom stereocenters. The van der Waals surface area contributed by atoms with E-state index in [-0.39, 0.29) is 18.0 Å². The molecule has 7 heteroatoms. The maximum Gasteiger partial charge on any atom is 0.317 e. The first kappa shape index (κ1) is 15.9. The van der Waals surface area contributed by atoms with Gasteiger partial charge in [-0.2, -0.15) is 0 Å². The summed E-state index contributed by atoms with van der Waals surface area (Å²) in [4.78, 5) is 25.1. The Morgan fingerprint density at radius 2 is 2.00 bits per heavy atom. The number of aliphatic carboxylic acids is 1. The molecule has 0 spiro atoms. The highest BCUT2D eigenvalue weighted by Crippen LogP contribution is 2.37. The molecule has 0 aliphatic carbocycles. The van der Waals surface area contributed by atoms with Crippen molar-refractivity contribution in [1.29, 1.82) is 0 Å². The molecule has 3 rings (SSSR count). The summed E-state index contributed by atoms with van der Waals surface area (Å²) >= 11 is 6.13. The van der Waals surface area contributed by atoms with Gasteiger partial charge in [0.25, 0.3) is 0 Å². The number of ether oxygens (including phenoxy) is 1. The summed E-state index contributed by atoms with van der Waals surface area (Å²) in [5, 5.41) is 12.6. The molecular formula is C16H19ClN2O4. The summed E-state index contributed by atoms with van der Waals surface area (Å²) in [6.07, 6.45) is 1.68. The number of carbonyl (C=O) groups is 2. The Labute approximate surface area is 139 Å². The molecule has 2 amide bonds. The first-order chi connectivity index (χ1) is 11.1. The molecule has 2 heterocycles. The van der Waals surface area contributed by atoms with Crippen LogP contribution in [0.3, 0.4) is 0 Å². The minimum Gasteiger partial charge on any atom is -0.492 e. The van der Waals surface area contributed by atoms with E-state index in [9.17, 15) is 9.59 Å². The fraction of sp³-hybridized carbons (Fsp3) is 0.500. The number of rotatable bonds is 2. The van der Waals surface area contributed by atoms with Crippen molar-refractivity contribution < 1.29 is 19.4 Å². The zero-order valence-corrected chi connectivity index (χ0v) is 13.4. The van der Waals surface area contributed by atoms with Gasteiger partial charge >= 0.3 is 12.0 Å². The van der Waals surface area contributed by atoms with Crippen molar-refractivity contribution in [2.45, 2.75) is 25.3 Å². The zero-order valence-electron chi connectivity index (χ0n) is 12.6. The molecule has 1 aromatic rings. The van der Waals surface area contributed by atoms with Gasteiger partial charge in [-0.3, -0.25) is 4.79 Å². The van der Waals surface area contributed by atoms with E-state index in [4.69, 9.17) is 21.4 Å². The number of amides is 2. The minimum absolute atomic E-state index is 0.137. The van der Waals surface area contributed by atoms with Gasteiger partial charge in [0.15, 0.2) is 0 Å². The van der Waals surface area contributed by atoms with Gasteiger partial charge in [0.2, 0.25) is 0 Å². The lowest BCUT2D eigenvalue weighted by atomic mass is 9.97. The maximum atomic E-state index is 12.4. The van der Waals surface area contributed by atoms with Gasteiger partial charge in [0, 0.05) is 25.1 Å². The van der Waals surface area contributed by atoms with Crippen LogP contribution in [-0.2, 0) is 4.79 Å². The fourth-order valence-electron chi connectivity index (χ4n) is 3.11. The van der Waals surface area contributed by atoms with E-state index >= 15 is 0 Å². The number of nitrogens with zero attached hydrogens (tertiary/aromatic N) is 1. The summed E-state index contributed by atoms with van der Waals surface area (Å²) in [6.45, 7) is 1.44. The quantitative estimate of drug-likeness (QED) is 0.869. The second-order valence-electron chi connectivity index (χ2n) is 5.90. The summed E-state index contributed by atoms with van der Waals surface area (Å²) in [7, 11) is 0. The van der Waals surface area contributed by atoms with Gasteiger partial charge < -0.3 is 20.1 Å². The number of hydrogen-bond donors (Lipinski definition) is 2. The van der Waals surface area contributed by atoms with Crippen LogP contribution < -0.4 is 10.1 Å². The third-order valence-corrected chi connectivity index (χ3v) is 4.75. The number of halogens is 1. The Morgan fingerprint density at radius 3 is 2.70 bits per heavy atom. The molecular weight excluding hydrogens is 320 g/mol. The number of para-hydroxylation sites is 1. The molecule has 1 saturated heterocycles. The molecule has 0 aromatic heterocycles.